The van der Waals surface area contributed by atoms with E-state index in [4.69, 9.17) is 5.11 Å². The van der Waals surface area contributed by atoms with Crippen molar-refractivity contribution in [3.63, 3.8) is 0 Å². The van der Waals surface area contributed by atoms with E-state index >= 15 is 0 Å². The van der Waals surface area contributed by atoms with E-state index in [0.29, 0.717) is 11.1 Å². The van der Waals surface area contributed by atoms with Gasteiger partial charge in [-0.3, -0.25) is 19.5 Å². The average Bonchev–Trinajstić information content (AvgIpc) is 2.47. The van der Waals surface area contributed by atoms with Gasteiger partial charge in [-0.2, -0.15) is 0 Å². The third-order valence-electron chi connectivity index (χ3n) is 3.06. The summed E-state index contributed by atoms with van der Waals surface area (Å²) < 4.78 is 1.81. The molecule has 0 aliphatic carbocycles. The molecule has 1 aromatic heterocycles. The van der Waals surface area contributed by atoms with Gasteiger partial charge in [0.2, 0.25) is 0 Å². The van der Waals surface area contributed by atoms with Crippen LogP contribution in [0.3, 0.4) is 0 Å². The van der Waals surface area contributed by atoms with Crippen LogP contribution in [0, 0.1) is 10.1 Å². The van der Waals surface area contributed by atoms with Gasteiger partial charge in [0.25, 0.3) is 0 Å². The highest BCUT2D eigenvalue weighted by atomic mass is 16.6. The Balaban J connectivity index is 2.50. The first-order valence-electron chi connectivity index (χ1n) is 6.07. The zero-order valence-electron chi connectivity index (χ0n) is 11.2. The number of hydrogen-bond acceptors (Lipinski definition) is 5. The predicted molar refractivity (Wildman–Crippen MR) is 74.1 cm³/mol. The van der Waals surface area contributed by atoms with Crippen molar-refractivity contribution in [3.05, 3.63) is 72.5 Å². The molecule has 0 unspecified atom stereocenters. The molecule has 1 N–H and O–H groups in total. The molecule has 1 aromatic carbocycles. The Labute approximate surface area is 118 Å². The third-order valence-corrected chi connectivity index (χ3v) is 3.06. The normalized spacial score (nSPS) is 10.6. The Morgan fingerprint density at radius 2 is 1.76 bits per heavy atom. The van der Waals surface area contributed by atoms with Crippen molar-refractivity contribution < 1.29 is 10.0 Å². The largest absolute Gasteiger partial charge is 0.392 e. The molecule has 0 aliphatic rings. The van der Waals surface area contributed by atoms with Crippen LogP contribution < -0.4 is 11.2 Å². The number of aryl methyl sites for hydroxylation is 1. The molecule has 1 heterocycles. The van der Waals surface area contributed by atoms with Gasteiger partial charge in [-0.1, -0.05) is 24.3 Å². The van der Waals surface area contributed by atoms with Gasteiger partial charge >= 0.3 is 16.9 Å². The number of nitrogens with zero attached hydrogens (tertiary/aromatic N) is 3. The maximum absolute atomic E-state index is 12.0. The van der Waals surface area contributed by atoms with Crippen LogP contribution >= 0.6 is 0 Å². The smallest absolute Gasteiger partial charge is 0.350 e. The summed E-state index contributed by atoms with van der Waals surface area (Å²) in [5, 5.41) is 19.8. The van der Waals surface area contributed by atoms with Crippen molar-refractivity contribution >= 4 is 5.69 Å². The van der Waals surface area contributed by atoms with Gasteiger partial charge in [-0.25, -0.2) is 9.36 Å². The molecular weight excluding hydrogens is 278 g/mol. The average molecular weight is 291 g/mol. The van der Waals surface area contributed by atoms with E-state index in [-0.39, 0.29) is 13.2 Å². The van der Waals surface area contributed by atoms with Crippen LogP contribution in [-0.4, -0.2) is 19.2 Å². The second-order valence-corrected chi connectivity index (χ2v) is 4.53. The predicted octanol–water partition coefficient (Wildman–Crippen LogP) is -0.00420. The number of nitro groups is 1. The quantitative estimate of drug-likeness (QED) is 0.630. The molecule has 110 valence electrons. The SMILES string of the molecule is Cn1cc([N+](=O)[O-])c(=O)n(Cc2ccc(CO)cc2)c1=O. The van der Waals surface area contributed by atoms with Gasteiger partial charge in [-0.15, -0.1) is 0 Å². The van der Waals surface area contributed by atoms with E-state index in [1.165, 1.54) is 7.05 Å². The fourth-order valence-corrected chi connectivity index (χ4v) is 1.91. The van der Waals surface area contributed by atoms with Crippen LogP contribution in [0.5, 0.6) is 0 Å². The lowest BCUT2D eigenvalue weighted by atomic mass is 10.1. The first kappa shape index (κ1) is 14.7. The Morgan fingerprint density at radius 1 is 1.19 bits per heavy atom. The Bertz CT molecular complexity index is 789. The fraction of sp³-hybridized carbons (Fsp3) is 0.231. The highest BCUT2D eigenvalue weighted by Crippen LogP contribution is 2.06. The van der Waals surface area contributed by atoms with Gasteiger partial charge in [-0.05, 0) is 11.1 Å². The lowest BCUT2D eigenvalue weighted by Gasteiger charge is -2.07. The summed E-state index contributed by atoms with van der Waals surface area (Å²) >= 11 is 0. The third kappa shape index (κ3) is 2.90. The Hall–Kier alpha value is -2.74. The second kappa shape index (κ2) is 5.71. The molecule has 21 heavy (non-hydrogen) atoms. The number of aromatic nitrogens is 2. The number of aliphatic hydroxyl groups is 1. The summed E-state index contributed by atoms with van der Waals surface area (Å²) in [6, 6.07) is 6.61. The minimum absolute atomic E-state index is 0.0705. The van der Waals surface area contributed by atoms with Crippen LogP contribution in [0.1, 0.15) is 11.1 Å². The molecule has 0 atom stereocenters. The highest BCUT2D eigenvalue weighted by Gasteiger charge is 2.18. The van der Waals surface area contributed by atoms with Gasteiger partial charge < -0.3 is 5.11 Å². The van der Waals surface area contributed by atoms with Gasteiger partial charge in [0.1, 0.15) is 0 Å². The van der Waals surface area contributed by atoms with Crippen molar-refractivity contribution in [2.24, 2.45) is 7.05 Å². The molecule has 0 fully saturated rings. The molecule has 0 aliphatic heterocycles. The summed E-state index contributed by atoms with van der Waals surface area (Å²) in [5.74, 6) is 0. The zero-order chi connectivity index (χ0) is 15.6. The van der Waals surface area contributed by atoms with Gasteiger partial charge in [0.05, 0.1) is 24.3 Å². The molecule has 0 radical (unpaired) electrons. The van der Waals surface area contributed by atoms with Crippen LogP contribution in [-0.2, 0) is 20.2 Å². The van der Waals surface area contributed by atoms with Crippen LogP contribution in [0.25, 0.3) is 0 Å². The minimum atomic E-state index is -0.936. The first-order chi connectivity index (χ1) is 9.93. The monoisotopic (exact) mass is 291 g/mol. The van der Waals surface area contributed by atoms with Crippen LogP contribution in [0.4, 0.5) is 5.69 Å². The molecular formula is C13H13N3O5. The van der Waals surface area contributed by atoms with E-state index < -0.39 is 21.9 Å². The van der Waals surface area contributed by atoms with Crippen molar-refractivity contribution in [2.45, 2.75) is 13.2 Å². The lowest BCUT2D eigenvalue weighted by Crippen LogP contribution is -2.39. The van der Waals surface area contributed by atoms with Crippen LogP contribution in [0.15, 0.2) is 40.1 Å². The highest BCUT2D eigenvalue weighted by molar-refractivity contribution is 5.25. The molecule has 8 nitrogen and oxygen atoms in total. The molecule has 2 rings (SSSR count). The summed E-state index contributed by atoms with van der Waals surface area (Å²) in [6.07, 6.45) is 0.913. The van der Waals surface area contributed by atoms with Crippen molar-refractivity contribution in [3.8, 4) is 0 Å². The molecule has 0 bridgehead atoms. The number of rotatable bonds is 4. The Morgan fingerprint density at radius 3 is 2.29 bits per heavy atom. The van der Waals surface area contributed by atoms with Crippen molar-refractivity contribution in [1.29, 1.82) is 0 Å². The van der Waals surface area contributed by atoms with E-state index in [1.807, 2.05) is 0 Å². The summed E-state index contributed by atoms with van der Waals surface area (Å²) in [6.45, 7) is -0.183. The minimum Gasteiger partial charge on any atom is -0.392 e. The zero-order valence-corrected chi connectivity index (χ0v) is 11.2. The van der Waals surface area contributed by atoms with E-state index in [2.05, 4.69) is 0 Å². The maximum atomic E-state index is 12.0. The molecule has 0 saturated carbocycles. The summed E-state index contributed by atoms with van der Waals surface area (Å²) in [5.41, 5.74) is -0.889. The first-order valence-corrected chi connectivity index (χ1v) is 6.07. The second-order valence-electron chi connectivity index (χ2n) is 4.53. The van der Waals surface area contributed by atoms with Crippen molar-refractivity contribution in [2.75, 3.05) is 0 Å². The number of aliphatic hydroxyl groups excluding tert-OH is 1. The fourth-order valence-electron chi connectivity index (χ4n) is 1.91. The molecule has 0 amide bonds. The topological polar surface area (TPSA) is 107 Å². The molecule has 8 heteroatoms. The molecule has 0 spiro atoms. The maximum Gasteiger partial charge on any atom is 0.350 e. The van der Waals surface area contributed by atoms with Crippen LogP contribution in [0.2, 0.25) is 0 Å². The van der Waals surface area contributed by atoms with E-state index in [0.717, 1.165) is 15.3 Å². The van der Waals surface area contributed by atoms with E-state index in [1.54, 1.807) is 24.3 Å². The Kier molecular flexibility index (Phi) is 3.99. The number of benzene rings is 1. The molecule has 0 saturated heterocycles. The van der Waals surface area contributed by atoms with Gasteiger partial charge in [0.15, 0.2) is 0 Å². The number of hydrogen-bond donors (Lipinski definition) is 1. The summed E-state index contributed by atoms with van der Waals surface area (Å²) in [4.78, 5) is 33.9. The van der Waals surface area contributed by atoms with Gasteiger partial charge in [0, 0.05) is 7.05 Å². The standard InChI is InChI=1S/C13H13N3O5/c1-14-7-11(16(20)21)12(18)15(13(14)19)6-9-2-4-10(8-17)5-3-9/h2-5,7,17H,6,8H2,1H3. The van der Waals surface area contributed by atoms with Crippen molar-refractivity contribution in [1.82, 2.24) is 9.13 Å². The molecule has 2 aromatic rings. The van der Waals surface area contributed by atoms with E-state index in [9.17, 15) is 19.7 Å². The lowest BCUT2D eigenvalue weighted by molar-refractivity contribution is -0.387. The summed E-state index contributed by atoms with van der Waals surface area (Å²) in [7, 11) is 1.35.